The molecule has 2 bridgehead atoms. The number of ether oxygens (including phenoxy) is 1. The van der Waals surface area contributed by atoms with Crippen molar-refractivity contribution in [2.75, 3.05) is 0 Å². The van der Waals surface area contributed by atoms with E-state index in [1.165, 1.54) is 19.3 Å². The zero-order chi connectivity index (χ0) is 9.97. The largest absolute Gasteiger partial charge is 0.368 e. The summed E-state index contributed by atoms with van der Waals surface area (Å²) in [4.78, 5) is 0. The first-order valence-electron chi connectivity index (χ1n) is 5.92. The van der Waals surface area contributed by atoms with Crippen molar-refractivity contribution in [3.05, 3.63) is 0 Å². The highest BCUT2D eigenvalue weighted by Crippen LogP contribution is 2.66. The first kappa shape index (κ1) is 9.17. The van der Waals surface area contributed by atoms with Gasteiger partial charge in [0.05, 0.1) is 5.60 Å². The Balaban J connectivity index is 2.00. The van der Waals surface area contributed by atoms with Crippen molar-refractivity contribution in [3.8, 4) is 0 Å². The molecule has 0 aromatic carbocycles. The summed E-state index contributed by atoms with van der Waals surface area (Å²) < 4.78 is 5.89. The summed E-state index contributed by atoms with van der Waals surface area (Å²) in [7, 11) is 0. The first-order valence-corrected chi connectivity index (χ1v) is 5.92. The fourth-order valence-electron chi connectivity index (χ4n) is 4.38. The SMILES string of the molecule is C[C@@]12OC(O)CC[C@]1(C)[C@H]1CC[C@@H]2C1. The van der Waals surface area contributed by atoms with Gasteiger partial charge in [0.1, 0.15) is 0 Å². The quantitative estimate of drug-likeness (QED) is 0.644. The van der Waals surface area contributed by atoms with Crippen LogP contribution in [0.2, 0.25) is 0 Å². The molecule has 1 saturated heterocycles. The number of hydrogen-bond donors (Lipinski definition) is 1. The molecule has 0 aromatic heterocycles. The summed E-state index contributed by atoms with van der Waals surface area (Å²) >= 11 is 0. The van der Waals surface area contributed by atoms with Crippen LogP contribution in [0.1, 0.15) is 46.0 Å². The van der Waals surface area contributed by atoms with E-state index < -0.39 is 6.29 Å². The van der Waals surface area contributed by atoms with Crippen molar-refractivity contribution in [2.24, 2.45) is 17.3 Å². The van der Waals surface area contributed by atoms with Crippen molar-refractivity contribution in [1.82, 2.24) is 0 Å². The maximum atomic E-state index is 9.64. The van der Waals surface area contributed by atoms with E-state index in [0.717, 1.165) is 18.8 Å². The summed E-state index contributed by atoms with van der Waals surface area (Å²) in [6.45, 7) is 4.61. The smallest absolute Gasteiger partial charge is 0.155 e. The van der Waals surface area contributed by atoms with Crippen LogP contribution in [0.25, 0.3) is 0 Å². The van der Waals surface area contributed by atoms with E-state index in [2.05, 4.69) is 13.8 Å². The molecule has 3 rings (SSSR count). The third kappa shape index (κ3) is 0.849. The standard InChI is InChI=1S/C12H20O2/c1-11-6-5-10(13)14-12(11,2)9-4-3-8(11)7-9/h8-10,13H,3-7H2,1-2H3/t8-,9+,10?,11+,12-/m0/s1. The van der Waals surface area contributed by atoms with Crippen LogP contribution in [0, 0.1) is 17.3 Å². The highest BCUT2D eigenvalue weighted by Gasteiger charge is 2.65. The lowest BCUT2D eigenvalue weighted by molar-refractivity contribution is -0.272. The molecule has 1 heterocycles. The van der Waals surface area contributed by atoms with Gasteiger partial charge in [0.2, 0.25) is 0 Å². The zero-order valence-corrected chi connectivity index (χ0v) is 9.12. The van der Waals surface area contributed by atoms with Gasteiger partial charge in [-0.3, -0.25) is 0 Å². The molecule has 14 heavy (non-hydrogen) atoms. The maximum absolute atomic E-state index is 9.64. The second-order valence-electron chi connectivity index (χ2n) is 5.84. The number of hydrogen-bond acceptors (Lipinski definition) is 2. The molecule has 2 heteroatoms. The van der Waals surface area contributed by atoms with Gasteiger partial charge >= 0.3 is 0 Å². The lowest BCUT2D eigenvalue weighted by Crippen LogP contribution is -2.55. The van der Waals surface area contributed by atoms with E-state index in [1.807, 2.05) is 0 Å². The fourth-order valence-corrected chi connectivity index (χ4v) is 4.38. The van der Waals surface area contributed by atoms with Crippen LogP contribution in [0.5, 0.6) is 0 Å². The van der Waals surface area contributed by atoms with Crippen LogP contribution in [0.3, 0.4) is 0 Å². The molecule has 0 amide bonds. The van der Waals surface area contributed by atoms with Crippen LogP contribution in [0.4, 0.5) is 0 Å². The molecule has 1 unspecified atom stereocenters. The fraction of sp³-hybridized carbons (Fsp3) is 1.00. The van der Waals surface area contributed by atoms with Crippen LogP contribution in [0.15, 0.2) is 0 Å². The van der Waals surface area contributed by atoms with E-state index in [0.29, 0.717) is 11.3 Å². The average Bonchev–Trinajstić information content (AvgIpc) is 2.66. The summed E-state index contributed by atoms with van der Waals surface area (Å²) in [6, 6.07) is 0. The molecule has 1 aliphatic heterocycles. The molecule has 2 saturated carbocycles. The number of aliphatic hydroxyl groups excluding tert-OH is 1. The highest BCUT2D eigenvalue weighted by molar-refractivity contribution is 5.14. The van der Waals surface area contributed by atoms with Gasteiger partial charge in [0.25, 0.3) is 0 Å². The number of rotatable bonds is 0. The van der Waals surface area contributed by atoms with Gasteiger partial charge in [-0.2, -0.15) is 0 Å². The number of aliphatic hydroxyl groups is 1. The monoisotopic (exact) mass is 196 g/mol. The second kappa shape index (κ2) is 2.53. The summed E-state index contributed by atoms with van der Waals surface area (Å²) in [5, 5.41) is 9.64. The van der Waals surface area contributed by atoms with Crippen molar-refractivity contribution < 1.29 is 9.84 Å². The third-order valence-corrected chi connectivity index (χ3v) is 5.54. The third-order valence-electron chi connectivity index (χ3n) is 5.54. The van der Waals surface area contributed by atoms with Crippen LogP contribution < -0.4 is 0 Å². The average molecular weight is 196 g/mol. The van der Waals surface area contributed by atoms with E-state index >= 15 is 0 Å². The van der Waals surface area contributed by atoms with Gasteiger partial charge < -0.3 is 9.84 Å². The Bertz CT molecular complexity index is 265. The molecular formula is C12H20O2. The predicted molar refractivity (Wildman–Crippen MR) is 53.7 cm³/mol. The Hall–Kier alpha value is -0.0800. The van der Waals surface area contributed by atoms with Crippen LogP contribution in [-0.2, 0) is 4.74 Å². The highest BCUT2D eigenvalue weighted by atomic mass is 16.6. The van der Waals surface area contributed by atoms with Gasteiger partial charge in [-0.25, -0.2) is 0 Å². The Morgan fingerprint density at radius 3 is 2.64 bits per heavy atom. The Kier molecular flexibility index (Phi) is 1.66. The van der Waals surface area contributed by atoms with E-state index in [4.69, 9.17) is 4.74 Å². The molecule has 0 radical (unpaired) electrons. The van der Waals surface area contributed by atoms with Crippen molar-refractivity contribution in [3.63, 3.8) is 0 Å². The number of fused-ring (bicyclic) bond motifs is 5. The maximum Gasteiger partial charge on any atom is 0.155 e. The van der Waals surface area contributed by atoms with Crippen molar-refractivity contribution in [1.29, 1.82) is 0 Å². The predicted octanol–water partition coefficient (Wildman–Crippen LogP) is 2.31. The molecule has 0 spiro atoms. The van der Waals surface area contributed by atoms with E-state index in [9.17, 15) is 5.11 Å². The van der Waals surface area contributed by atoms with Crippen LogP contribution in [-0.4, -0.2) is 17.0 Å². The van der Waals surface area contributed by atoms with Gasteiger partial charge in [-0.05, 0) is 56.3 Å². The van der Waals surface area contributed by atoms with Gasteiger partial charge in [-0.15, -0.1) is 0 Å². The van der Waals surface area contributed by atoms with Crippen LogP contribution >= 0.6 is 0 Å². The molecule has 0 aromatic rings. The minimum absolute atomic E-state index is 0.0341. The minimum atomic E-state index is -0.507. The second-order valence-corrected chi connectivity index (χ2v) is 5.84. The molecular weight excluding hydrogens is 176 g/mol. The van der Waals surface area contributed by atoms with Crippen molar-refractivity contribution >= 4 is 0 Å². The molecule has 3 fully saturated rings. The first-order chi connectivity index (χ1) is 6.56. The topological polar surface area (TPSA) is 29.5 Å². The van der Waals surface area contributed by atoms with E-state index in [1.54, 1.807) is 0 Å². The van der Waals surface area contributed by atoms with Gasteiger partial charge in [0, 0.05) is 0 Å². The van der Waals surface area contributed by atoms with Gasteiger partial charge in [-0.1, -0.05) is 6.92 Å². The Morgan fingerprint density at radius 1 is 1.14 bits per heavy atom. The Morgan fingerprint density at radius 2 is 1.86 bits per heavy atom. The van der Waals surface area contributed by atoms with E-state index in [-0.39, 0.29) is 5.60 Å². The van der Waals surface area contributed by atoms with Gasteiger partial charge in [0.15, 0.2) is 6.29 Å². The Labute approximate surface area is 85.6 Å². The molecule has 2 nitrogen and oxygen atoms in total. The summed E-state index contributed by atoms with van der Waals surface area (Å²) in [6.07, 6.45) is 5.49. The molecule has 5 atom stereocenters. The normalized spacial score (nSPS) is 61.5. The lowest BCUT2D eigenvalue weighted by atomic mass is 9.61. The molecule has 80 valence electrons. The molecule has 2 aliphatic carbocycles. The summed E-state index contributed by atoms with van der Waals surface area (Å²) in [5.74, 6) is 1.55. The minimum Gasteiger partial charge on any atom is -0.368 e. The van der Waals surface area contributed by atoms with Crippen molar-refractivity contribution in [2.45, 2.75) is 57.8 Å². The lowest BCUT2D eigenvalue weighted by Gasteiger charge is -2.53. The molecule has 1 N–H and O–H groups in total. The summed E-state index contributed by atoms with van der Waals surface area (Å²) in [5.41, 5.74) is 0.308. The zero-order valence-electron chi connectivity index (χ0n) is 9.12. The molecule has 3 aliphatic rings.